The lowest BCUT2D eigenvalue weighted by molar-refractivity contribution is 0.102. The Morgan fingerprint density at radius 1 is 1.33 bits per heavy atom. The molecule has 0 bridgehead atoms. The molecule has 0 atom stereocenters. The van der Waals surface area contributed by atoms with Gasteiger partial charge in [0.15, 0.2) is 0 Å². The summed E-state index contributed by atoms with van der Waals surface area (Å²) < 4.78 is 14.9. The van der Waals surface area contributed by atoms with E-state index in [9.17, 15) is 14.0 Å². The van der Waals surface area contributed by atoms with Crippen LogP contribution in [-0.4, -0.2) is 10.5 Å². The van der Waals surface area contributed by atoms with Gasteiger partial charge in [-0.2, -0.15) is 0 Å². The number of pyridine rings is 1. The van der Waals surface area contributed by atoms with Crippen molar-refractivity contribution < 1.29 is 9.18 Å². The Morgan fingerprint density at radius 2 is 2.10 bits per heavy atom. The third-order valence-corrected chi connectivity index (χ3v) is 3.50. The summed E-state index contributed by atoms with van der Waals surface area (Å²) in [6, 6.07) is 6.98. The number of nitrogens with one attached hydrogen (secondary N) is 1. The highest BCUT2D eigenvalue weighted by molar-refractivity contribution is 9.10. The van der Waals surface area contributed by atoms with E-state index in [4.69, 9.17) is 0 Å². The molecule has 21 heavy (non-hydrogen) atoms. The highest BCUT2D eigenvalue weighted by atomic mass is 79.9. The number of carbonyl (C=O) groups is 1. The van der Waals surface area contributed by atoms with Crippen molar-refractivity contribution in [2.45, 2.75) is 19.9 Å². The minimum atomic E-state index is -0.428. The standard InChI is InChI=1S/C15H14BrFN2O2/c1-2-7-19-9-11(4-6-14(19)20)18-15(21)10-3-5-13(17)12(16)8-10/h3-6,8-9H,2,7H2,1H3,(H,18,21). The van der Waals surface area contributed by atoms with Gasteiger partial charge in [0.2, 0.25) is 0 Å². The lowest BCUT2D eigenvalue weighted by atomic mass is 10.2. The minimum absolute atomic E-state index is 0.112. The van der Waals surface area contributed by atoms with Gasteiger partial charge in [0, 0.05) is 24.4 Å². The molecule has 0 saturated heterocycles. The van der Waals surface area contributed by atoms with Crippen LogP contribution in [0.25, 0.3) is 0 Å². The fraction of sp³-hybridized carbons (Fsp3) is 0.200. The molecule has 1 heterocycles. The Balaban J connectivity index is 2.21. The number of nitrogens with zero attached hydrogens (tertiary/aromatic N) is 1. The van der Waals surface area contributed by atoms with Crippen molar-refractivity contribution in [2.75, 3.05) is 5.32 Å². The maximum absolute atomic E-state index is 13.2. The van der Waals surface area contributed by atoms with E-state index >= 15 is 0 Å². The molecule has 6 heteroatoms. The van der Waals surface area contributed by atoms with Gasteiger partial charge < -0.3 is 9.88 Å². The fourth-order valence-corrected chi connectivity index (χ4v) is 2.24. The highest BCUT2D eigenvalue weighted by Crippen LogP contribution is 2.17. The number of aryl methyl sites for hydroxylation is 1. The zero-order chi connectivity index (χ0) is 15.4. The molecule has 1 amide bonds. The molecule has 110 valence electrons. The lowest BCUT2D eigenvalue weighted by Gasteiger charge is -2.09. The number of rotatable bonds is 4. The first kappa shape index (κ1) is 15.4. The van der Waals surface area contributed by atoms with E-state index in [1.54, 1.807) is 12.3 Å². The van der Waals surface area contributed by atoms with Crippen molar-refractivity contribution in [3.63, 3.8) is 0 Å². The van der Waals surface area contributed by atoms with Gasteiger partial charge in [-0.15, -0.1) is 0 Å². The molecule has 0 unspecified atom stereocenters. The van der Waals surface area contributed by atoms with E-state index in [-0.39, 0.29) is 15.9 Å². The molecule has 2 aromatic rings. The number of benzene rings is 1. The van der Waals surface area contributed by atoms with Crippen LogP contribution < -0.4 is 10.9 Å². The second-order valence-electron chi connectivity index (χ2n) is 4.53. The lowest BCUT2D eigenvalue weighted by Crippen LogP contribution is -2.20. The Morgan fingerprint density at radius 3 is 2.76 bits per heavy atom. The first-order chi connectivity index (χ1) is 10.0. The van der Waals surface area contributed by atoms with Crippen molar-refractivity contribution in [2.24, 2.45) is 0 Å². The molecular formula is C15H14BrFN2O2. The molecular weight excluding hydrogens is 339 g/mol. The fourth-order valence-electron chi connectivity index (χ4n) is 1.86. The minimum Gasteiger partial charge on any atom is -0.321 e. The number of hydrogen-bond acceptors (Lipinski definition) is 2. The summed E-state index contributed by atoms with van der Waals surface area (Å²) in [7, 11) is 0. The van der Waals surface area contributed by atoms with Gasteiger partial charge in [0.05, 0.1) is 10.2 Å². The normalized spacial score (nSPS) is 10.4. The van der Waals surface area contributed by atoms with Crippen LogP contribution >= 0.6 is 15.9 Å². The average molecular weight is 353 g/mol. The molecule has 0 fully saturated rings. The summed E-state index contributed by atoms with van der Waals surface area (Å²) in [5.41, 5.74) is 0.740. The van der Waals surface area contributed by atoms with Crippen molar-refractivity contribution in [1.29, 1.82) is 0 Å². The second kappa shape index (κ2) is 6.67. The largest absolute Gasteiger partial charge is 0.321 e. The molecule has 1 aromatic heterocycles. The van der Waals surface area contributed by atoms with E-state index in [1.165, 1.54) is 28.8 Å². The van der Waals surface area contributed by atoms with Crippen molar-refractivity contribution in [3.05, 3.63) is 62.7 Å². The molecule has 1 aromatic carbocycles. The molecule has 0 saturated carbocycles. The van der Waals surface area contributed by atoms with Gasteiger partial charge in [-0.25, -0.2) is 4.39 Å². The molecule has 1 N–H and O–H groups in total. The van der Waals surface area contributed by atoms with Gasteiger partial charge in [-0.1, -0.05) is 6.92 Å². The highest BCUT2D eigenvalue weighted by Gasteiger charge is 2.09. The summed E-state index contributed by atoms with van der Waals surface area (Å²) in [6.45, 7) is 2.55. The van der Waals surface area contributed by atoms with E-state index in [0.29, 0.717) is 17.8 Å². The van der Waals surface area contributed by atoms with Crippen LogP contribution in [0.5, 0.6) is 0 Å². The first-order valence-corrected chi connectivity index (χ1v) is 7.27. The van der Waals surface area contributed by atoms with E-state index < -0.39 is 5.82 Å². The number of anilines is 1. The third-order valence-electron chi connectivity index (χ3n) is 2.89. The molecule has 2 rings (SSSR count). The summed E-state index contributed by atoms with van der Waals surface area (Å²) in [5, 5.41) is 2.69. The quantitative estimate of drug-likeness (QED) is 0.916. The van der Waals surface area contributed by atoms with Crippen LogP contribution in [0.1, 0.15) is 23.7 Å². The zero-order valence-electron chi connectivity index (χ0n) is 11.4. The second-order valence-corrected chi connectivity index (χ2v) is 5.39. The number of hydrogen-bond donors (Lipinski definition) is 1. The SMILES string of the molecule is CCCn1cc(NC(=O)c2ccc(F)c(Br)c2)ccc1=O. The maximum Gasteiger partial charge on any atom is 0.255 e. The number of halogens is 2. The van der Waals surface area contributed by atoms with Gasteiger partial charge in [-0.3, -0.25) is 9.59 Å². The first-order valence-electron chi connectivity index (χ1n) is 6.48. The van der Waals surface area contributed by atoms with Crippen LogP contribution in [0.15, 0.2) is 45.8 Å². The number of amides is 1. The van der Waals surface area contributed by atoms with Crippen LogP contribution in [-0.2, 0) is 6.54 Å². The predicted molar refractivity (Wildman–Crippen MR) is 83.0 cm³/mol. The summed E-state index contributed by atoms with van der Waals surface area (Å²) in [6.07, 6.45) is 2.42. The van der Waals surface area contributed by atoms with Gasteiger partial charge in [0.1, 0.15) is 5.82 Å². The van der Waals surface area contributed by atoms with Crippen molar-refractivity contribution >= 4 is 27.5 Å². The zero-order valence-corrected chi connectivity index (χ0v) is 13.0. The monoisotopic (exact) mass is 352 g/mol. The summed E-state index contributed by atoms with van der Waals surface area (Å²) in [5.74, 6) is -0.791. The topological polar surface area (TPSA) is 51.1 Å². The maximum atomic E-state index is 13.2. The van der Waals surface area contributed by atoms with Gasteiger partial charge >= 0.3 is 0 Å². The smallest absolute Gasteiger partial charge is 0.255 e. The molecule has 0 radical (unpaired) electrons. The van der Waals surface area contributed by atoms with Crippen molar-refractivity contribution in [1.82, 2.24) is 4.57 Å². The van der Waals surface area contributed by atoms with E-state index in [1.807, 2.05) is 6.92 Å². The number of aromatic nitrogens is 1. The molecule has 0 aliphatic carbocycles. The summed E-state index contributed by atoms with van der Waals surface area (Å²) in [4.78, 5) is 23.7. The predicted octanol–water partition coefficient (Wildman–Crippen LogP) is 3.41. The summed E-state index contributed by atoms with van der Waals surface area (Å²) >= 11 is 3.04. The van der Waals surface area contributed by atoms with E-state index in [0.717, 1.165) is 6.42 Å². The third kappa shape index (κ3) is 3.78. The Hall–Kier alpha value is -1.95. The molecule has 0 aliphatic rings. The molecule has 0 aliphatic heterocycles. The van der Waals surface area contributed by atoms with Crippen LogP contribution in [0.4, 0.5) is 10.1 Å². The van der Waals surface area contributed by atoms with Crippen LogP contribution in [0, 0.1) is 5.82 Å². The molecule has 0 spiro atoms. The Bertz CT molecular complexity index is 728. The Kier molecular flexibility index (Phi) is 4.90. The molecule has 4 nitrogen and oxygen atoms in total. The van der Waals surface area contributed by atoms with Crippen LogP contribution in [0.2, 0.25) is 0 Å². The van der Waals surface area contributed by atoms with E-state index in [2.05, 4.69) is 21.2 Å². The van der Waals surface area contributed by atoms with Crippen molar-refractivity contribution in [3.8, 4) is 0 Å². The average Bonchev–Trinajstić information content (AvgIpc) is 2.45. The van der Waals surface area contributed by atoms with Crippen LogP contribution in [0.3, 0.4) is 0 Å². The number of carbonyl (C=O) groups excluding carboxylic acids is 1. The van der Waals surface area contributed by atoms with Gasteiger partial charge in [0.25, 0.3) is 11.5 Å². The Labute approximate surface area is 129 Å². The van der Waals surface area contributed by atoms with Gasteiger partial charge in [-0.05, 0) is 46.6 Å².